The fourth-order valence-electron chi connectivity index (χ4n) is 3.28. The number of guanidine groups is 1. The van der Waals surface area contributed by atoms with Crippen molar-refractivity contribution >= 4 is 41.3 Å². The van der Waals surface area contributed by atoms with E-state index < -0.39 is 0 Å². The molecule has 0 radical (unpaired) electrons. The molecule has 2 N–H and O–H groups in total. The van der Waals surface area contributed by atoms with Crippen molar-refractivity contribution in [2.45, 2.75) is 64.8 Å². The number of aliphatic imine (C=N–C) groups is 1. The van der Waals surface area contributed by atoms with Crippen LogP contribution in [0.5, 0.6) is 0 Å². The van der Waals surface area contributed by atoms with Crippen LogP contribution in [0.1, 0.15) is 57.7 Å². The number of halogens is 1. The van der Waals surface area contributed by atoms with E-state index in [-0.39, 0.29) is 29.4 Å². The van der Waals surface area contributed by atoms with Crippen molar-refractivity contribution in [3.63, 3.8) is 0 Å². The van der Waals surface area contributed by atoms with Crippen molar-refractivity contribution in [2.24, 2.45) is 4.99 Å². The van der Waals surface area contributed by atoms with Crippen LogP contribution in [0.4, 0.5) is 0 Å². The van der Waals surface area contributed by atoms with Gasteiger partial charge < -0.3 is 20.3 Å². The summed E-state index contributed by atoms with van der Waals surface area (Å²) < 4.78 is 5.15. The van der Waals surface area contributed by atoms with E-state index in [1.807, 2.05) is 0 Å². The highest BCUT2D eigenvalue weighted by atomic mass is 127. The van der Waals surface area contributed by atoms with Gasteiger partial charge in [0.15, 0.2) is 5.96 Å². The van der Waals surface area contributed by atoms with Gasteiger partial charge in [-0.05, 0) is 26.2 Å². The molecule has 29 heavy (non-hydrogen) atoms. The SMILES string of the molecule is CCNC(=NCCc1nc(C(C)(C)C)cs1)NC1CCN(CCCOC)CC1.I. The van der Waals surface area contributed by atoms with Crippen molar-refractivity contribution in [3.05, 3.63) is 16.1 Å². The Balaban J connectivity index is 0.00000420. The monoisotopic (exact) mass is 537 g/mol. The lowest BCUT2D eigenvalue weighted by atomic mass is 9.93. The molecule has 1 aliphatic rings. The maximum Gasteiger partial charge on any atom is 0.191 e. The van der Waals surface area contributed by atoms with E-state index in [2.05, 4.69) is 48.6 Å². The van der Waals surface area contributed by atoms with Gasteiger partial charge in [0.2, 0.25) is 0 Å². The van der Waals surface area contributed by atoms with E-state index in [1.54, 1.807) is 18.4 Å². The van der Waals surface area contributed by atoms with E-state index in [0.717, 1.165) is 58.1 Å². The standard InChI is InChI=1S/C21H39N5OS.HI/c1-6-22-20(23-11-8-19-25-18(16-28-19)21(2,3)4)24-17-9-13-26(14-10-17)12-7-15-27-5;/h16-17H,6-15H2,1-5H3,(H2,22,23,24);1H. The summed E-state index contributed by atoms with van der Waals surface area (Å²) in [5.41, 5.74) is 1.30. The Labute approximate surface area is 198 Å². The average Bonchev–Trinajstić information content (AvgIpc) is 3.13. The minimum absolute atomic E-state index is 0. The molecule has 0 atom stereocenters. The number of hydrogen-bond donors (Lipinski definition) is 2. The summed E-state index contributed by atoms with van der Waals surface area (Å²) in [7, 11) is 1.77. The molecule has 1 aliphatic heterocycles. The van der Waals surface area contributed by atoms with Crippen LogP contribution in [0.15, 0.2) is 10.4 Å². The van der Waals surface area contributed by atoms with Crippen LogP contribution in [-0.4, -0.2) is 68.3 Å². The molecule has 0 aromatic carbocycles. The van der Waals surface area contributed by atoms with Gasteiger partial charge in [0.05, 0.1) is 10.7 Å². The predicted molar refractivity (Wildman–Crippen MR) is 135 cm³/mol. The highest BCUT2D eigenvalue weighted by Gasteiger charge is 2.20. The fraction of sp³-hybridized carbons (Fsp3) is 0.810. The van der Waals surface area contributed by atoms with Crippen LogP contribution >= 0.6 is 35.3 Å². The van der Waals surface area contributed by atoms with Gasteiger partial charge in [-0.15, -0.1) is 35.3 Å². The topological polar surface area (TPSA) is 61.8 Å². The van der Waals surface area contributed by atoms with Gasteiger partial charge >= 0.3 is 0 Å². The van der Waals surface area contributed by atoms with Crippen LogP contribution in [-0.2, 0) is 16.6 Å². The maximum absolute atomic E-state index is 5.15. The Morgan fingerprint density at radius 1 is 1.34 bits per heavy atom. The average molecular weight is 538 g/mol. The van der Waals surface area contributed by atoms with Gasteiger partial charge in [-0.2, -0.15) is 0 Å². The first kappa shape index (κ1) is 26.6. The Morgan fingerprint density at radius 2 is 2.07 bits per heavy atom. The van der Waals surface area contributed by atoms with Gasteiger partial charge in [0.1, 0.15) is 0 Å². The summed E-state index contributed by atoms with van der Waals surface area (Å²) in [5.74, 6) is 0.938. The van der Waals surface area contributed by atoms with E-state index in [4.69, 9.17) is 14.7 Å². The smallest absolute Gasteiger partial charge is 0.191 e. The second kappa shape index (κ2) is 13.8. The molecule has 8 heteroatoms. The Bertz CT molecular complexity index is 594. The van der Waals surface area contributed by atoms with Crippen LogP contribution in [0.25, 0.3) is 0 Å². The quantitative estimate of drug-likeness (QED) is 0.218. The number of aromatic nitrogens is 1. The third-order valence-corrected chi connectivity index (χ3v) is 5.92. The van der Waals surface area contributed by atoms with Crippen LogP contribution in [0.3, 0.4) is 0 Å². The largest absolute Gasteiger partial charge is 0.385 e. The highest BCUT2D eigenvalue weighted by molar-refractivity contribution is 14.0. The Kier molecular flexibility index (Phi) is 12.6. The number of rotatable bonds is 9. The number of nitrogens with one attached hydrogen (secondary N) is 2. The molecule has 0 bridgehead atoms. The molecule has 0 spiro atoms. The van der Waals surface area contributed by atoms with Gasteiger partial charge in [0, 0.05) is 69.7 Å². The minimum atomic E-state index is 0. The van der Waals surface area contributed by atoms with Crippen molar-refractivity contribution in [1.29, 1.82) is 0 Å². The second-order valence-corrected chi connectivity index (χ2v) is 9.44. The van der Waals surface area contributed by atoms with Gasteiger partial charge in [-0.25, -0.2) is 4.98 Å². The summed E-state index contributed by atoms with van der Waals surface area (Å²) in [5, 5.41) is 10.4. The summed E-state index contributed by atoms with van der Waals surface area (Å²) in [6.45, 7) is 14.7. The maximum atomic E-state index is 5.15. The Morgan fingerprint density at radius 3 is 2.66 bits per heavy atom. The molecule has 1 aromatic rings. The summed E-state index contributed by atoms with van der Waals surface area (Å²) in [4.78, 5) is 12.1. The van der Waals surface area contributed by atoms with Crippen LogP contribution < -0.4 is 10.6 Å². The molecule has 0 amide bonds. The van der Waals surface area contributed by atoms with E-state index in [9.17, 15) is 0 Å². The second-order valence-electron chi connectivity index (χ2n) is 8.49. The summed E-state index contributed by atoms with van der Waals surface area (Å²) >= 11 is 1.75. The van der Waals surface area contributed by atoms with Gasteiger partial charge in [0.25, 0.3) is 0 Å². The lowest BCUT2D eigenvalue weighted by molar-refractivity contribution is 0.155. The third kappa shape index (κ3) is 9.93. The molecule has 1 aromatic heterocycles. The van der Waals surface area contributed by atoms with E-state index in [1.165, 1.54) is 23.5 Å². The first-order valence-electron chi connectivity index (χ1n) is 10.6. The molecule has 6 nitrogen and oxygen atoms in total. The number of hydrogen-bond acceptors (Lipinski definition) is 5. The molecule has 0 aliphatic carbocycles. The molecule has 0 saturated carbocycles. The van der Waals surface area contributed by atoms with Crippen molar-refractivity contribution < 1.29 is 4.74 Å². The first-order valence-corrected chi connectivity index (χ1v) is 11.5. The number of nitrogens with zero attached hydrogens (tertiary/aromatic N) is 3. The number of likely N-dealkylation sites (tertiary alicyclic amines) is 1. The first-order chi connectivity index (χ1) is 13.4. The van der Waals surface area contributed by atoms with Gasteiger partial charge in [-0.1, -0.05) is 20.8 Å². The molecular weight excluding hydrogens is 497 g/mol. The normalized spacial score (nSPS) is 16.5. The molecule has 1 fully saturated rings. The lowest BCUT2D eigenvalue weighted by Crippen LogP contribution is -2.49. The van der Waals surface area contributed by atoms with Crippen LogP contribution in [0.2, 0.25) is 0 Å². The summed E-state index contributed by atoms with van der Waals surface area (Å²) in [6.07, 6.45) is 4.35. The molecule has 1 saturated heterocycles. The number of ether oxygens (including phenoxy) is 1. The molecule has 2 heterocycles. The van der Waals surface area contributed by atoms with Crippen molar-refractivity contribution in [3.8, 4) is 0 Å². The molecule has 168 valence electrons. The predicted octanol–water partition coefficient (Wildman–Crippen LogP) is 3.66. The third-order valence-electron chi connectivity index (χ3n) is 5.01. The minimum Gasteiger partial charge on any atom is -0.385 e. The van der Waals surface area contributed by atoms with Crippen molar-refractivity contribution in [2.75, 3.05) is 46.4 Å². The molecular formula is C21H40IN5OS. The number of methoxy groups -OCH3 is 1. The zero-order valence-electron chi connectivity index (χ0n) is 18.8. The number of thiazole rings is 1. The van der Waals surface area contributed by atoms with E-state index >= 15 is 0 Å². The number of piperidine rings is 1. The zero-order valence-corrected chi connectivity index (χ0v) is 21.9. The van der Waals surface area contributed by atoms with Gasteiger partial charge in [-0.3, -0.25) is 4.99 Å². The van der Waals surface area contributed by atoms with E-state index in [0.29, 0.717) is 6.04 Å². The molecule has 0 unspecified atom stereocenters. The lowest BCUT2D eigenvalue weighted by Gasteiger charge is -2.33. The zero-order chi connectivity index (χ0) is 20.4. The summed E-state index contributed by atoms with van der Waals surface area (Å²) in [6, 6.07) is 0.504. The highest BCUT2D eigenvalue weighted by Crippen LogP contribution is 2.24. The fourth-order valence-corrected chi connectivity index (χ4v) is 4.29. The van der Waals surface area contributed by atoms with Crippen molar-refractivity contribution in [1.82, 2.24) is 20.5 Å². The molecule has 2 rings (SSSR count). The Hall–Kier alpha value is -0.450. The van der Waals surface area contributed by atoms with Crippen LogP contribution in [0, 0.1) is 0 Å².